The van der Waals surface area contributed by atoms with Crippen molar-refractivity contribution in [2.75, 3.05) is 5.73 Å². The number of benzene rings is 1. The van der Waals surface area contributed by atoms with E-state index in [2.05, 4.69) is 10.3 Å². The number of anilines is 1. The normalized spacial score (nSPS) is 12.9. The Labute approximate surface area is 203 Å². The average Bonchev–Trinajstić information content (AvgIpc) is 3.22. The van der Waals surface area contributed by atoms with Crippen LogP contribution in [0.4, 0.5) is 14.7 Å². The first-order chi connectivity index (χ1) is 15.7. The number of hydrogen-bond donors (Lipinski definition) is 2. The summed E-state index contributed by atoms with van der Waals surface area (Å²) in [6, 6.07) is 4.90. The molecule has 2 aromatic heterocycles. The number of aryl methyl sites for hydroxylation is 1. The van der Waals surface area contributed by atoms with Crippen molar-refractivity contribution in [3.63, 3.8) is 0 Å². The highest BCUT2D eigenvalue weighted by Crippen LogP contribution is 2.30. The van der Waals surface area contributed by atoms with Gasteiger partial charge in [-0.05, 0) is 65.3 Å². The van der Waals surface area contributed by atoms with E-state index >= 15 is 0 Å². The van der Waals surface area contributed by atoms with Gasteiger partial charge in [0, 0.05) is 35.9 Å². The second kappa shape index (κ2) is 9.54. The number of carbonyl (C=O) groups is 2. The molecule has 1 aromatic carbocycles. The number of rotatable bonds is 5. The minimum Gasteiger partial charge on any atom is -0.444 e. The number of alkyl carbamates (subject to hydrolysis) is 1. The Morgan fingerprint density at radius 2 is 1.82 bits per heavy atom. The summed E-state index contributed by atoms with van der Waals surface area (Å²) in [5.74, 6) is 0.365. The molecule has 0 radical (unpaired) electrons. The van der Waals surface area contributed by atoms with Crippen molar-refractivity contribution in [2.24, 2.45) is 7.05 Å². The predicted molar refractivity (Wildman–Crippen MR) is 132 cm³/mol. The summed E-state index contributed by atoms with van der Waals surface area (Å²) >= 11 is 1.30. The number of hydrogen-bond acceptors (Lipinski definition) is 8. The molecule has 184 valence electrons. The number of nitrogens with zero attached hydrogens (tertiary/aromatic N) is 2. The first-order valence-electron chi connectivity index (χ1n) is 10.9. The minimum atomic E-state index is -0.772. The van der Waals surface area contributed by atoms with Gasteiger partial charge in [0.05, 0.1) is 11.7 Å². The number of nitrogens with one attached hydrogen (secondary N) is 1. The van der Waals surface area contributed by atoms with Gasteiger partial charge in [0.2, 0.25) is 0 Å². The van der Waals surface area contributed by atoms with Crippen LogP contribution in [-0.4, -0.2) is 33.0 Å². The Morgan fingerprint density at radius 1 is 1.15 bits per heavy atom. The third kappa shape index (κ3) is 6.86. The van der Waals surface area contributed by atoms with E-state index in [-0.39, 0.29) is 0 Å². The quantitative estimate of drug-likeness (QED) is 0.368. The number of aromatic nitrogens is 2. The molecular weight excluding hydrogens is 456 g/mol. The van der Waals surface area contributed by atoms with Crippen LogP contribution < -0.4 is 15.8 Å². The topological polar surface area (TPSA) is 118 Å². The van der Waals surface area contributed by atoms with Gasteiger partial charge in [0.1, 0.15) is 17.0 Å². The molecule has 1 atom stereocenters. The molecule has 0 saturated heterocycles. The zero-order valence-corrected chi connectivity index (χ0v) is 21.4. The standard InChI is InChI=1S/C24H32N4O5S/c1-23(2,3)32-21(29)27-17(18-13-34-20(25)26-18)10-14-12-28(7)19-9-8-15(11-16(14)19)31-22(30)33-24(4,5)6/h8-9,11-13,17H,10H2,1-7H3,(H2,25,26)(H,27,29)/t17-/m0/s1. The molecule has 0 bridgehead atoms. The minimum absolute atomic E-state index is 0.365. The van der Waals surface area contributed by atoms with Gasteiger partial charge in [0.25, 0.3) is 0 Å². The fourth-order valence-electron chi connectivity index (χ4n) is 3.41. The molecule has 3 rings (SSSR count). The third-order valence-electron chi connectivity index (χ3n) is 4.65. The Balaban J connectivity index is 1.90. The second-order valence-electron chi connectivity index (χ2n) is 10.0. The summed E-state index contributed by atoms with van der Waals surface area (Å²) in [4.78, 5) is 29.0. The molecule has 3 aromatic rings. The highest BCUT2D eigenvalue weighted by atomic mass is 32.1. The first kappa shape index (κ1) is 25.4. The molecule has 0 aliphatic rings. The van der Waals surface area contributed by atoms with Crippen molar-refractivity contribution < 1.29 is 23.8 Å². The van der Waals surface area contributed by atoms with E-state index in [1.165, 1.54) is 11.3 Å². The van der Waals surface area contributed by atoms with Gasteiger partial charge in [-0.1, -0.05) is 0 Å². The van der Waals surface area contributed by atoms with Gasteiger partial charge in [-0.15, -0.1) is 11.3 Å². The maximum atomic E-state index is 12.5. The summed E-state index contributed by atoms with van der Waals surface area (Å²) in [6.45, 7) is 10.7. The second-order valence-corrected chi connectivity index (χ2v) is 10.9. The molecule has 0 saturated carbocycles. The van der Waals surface area contributed by atoms with Crippen molar-refractivity contribution in [1.82, 2.24) is 14.9 Å². The molecule has 9 nitrogen and oxygen atoms in total. The molecule has 10 heteroatoms. The van der Waals surface area contributed by atoms with Crippen LogP contribution in [0.2, 0.25) is 0 Å². The summed E-state index contributed by atoms with van der Waals surface area (Å²) in [6.07, 6.45) is 1.09. The largest absolute Gasteiger partial charge is 0.514 e. The molecule has 0 unspecified atom stereocenters. The number of carbonyl (C=O) groups excluding carboxylic acids is 2. The maximum Gasteiger partial charge on any atom is 0.514 e. The van der Waals surface area contributed by atoms with E-state index in [4.69, 9.17) is 19.9 Å². The Bertz CT molecular complexity index is 1190. The SMILES string of the molecule is Cn1cc(C[C@H](NC(=O)OC(C)(C)C)c2csc(N)n2)c2cc(OC(=O)OC(C)(C)C)ccc21. The van der Waals surface area contributed by atoms with Crippen LogP contribution in [0.1, 0.15) is 58.8 Å². The number of amides is 1. The van der Waals surface area contributed by atoms with E-state index in [0.29, 0.717) is 23.0 Å². The number of nitrogen functional groups attached to an aromatic ring is 1. The molecule has 3 N–H and O–H groups in total. The van der Waals surface area contributed by atoms with Crippen LogP contribution in [0, 0.1) is 0 Å². The fraction of sp³-hybridized carbons (Fsp3) is 0.458. The number of nitrogens with two attached hydrogens (primary N) is 1. The summed E-state index contributed by atoms with van der Waals surface area (Å²) < 4.78 is 18.1. The molecule has 2 heterocycles. The Kier molecular flexibility index (Phi) is 7.11. The predicted octanol–water partition coefficient (Wildman–Crippen LogP) is 5.34. The van der Waals surface area contributed by atoms with Crippen LogP contribution in [0.3, 0.4) is 0 Å². The van der Waals surface area contributed by atoms with E-state index in [9.17, 15) is 9.59 Å². The zero-order valence-electron chi connectivity index (χ0n) is 20.6. The van der Waals surface area contributed by atoms with E-state index in [1.54, 1.807) is 53.7 Å². The zero-order chi connectivity index (χ0) is 25.3. The van der Waals surface area contributed by atoms with Crippen molar-refractivity contribution >= 4 is 39.6 Å². The van der Waals surface area contributed by atoms with Crippen molar-refractivity contribution in [1.29, 1.82) is 0 Å². The summed E-state index contributed by atoms with van der Waals surface area (Å²) in [5.41, 5.74) is 7.07. The van der Waals surface area contributed by atoms with Crippen LogP contribution in [-0.2, 0) is 22.9 Å². The molecule has 0 aliphatic heterocycles. The van der Waals surface area contributed by atoms with Crippen LogP contribution in [0.5, 0.6) is 5.75 Å². The van der Waals surface area contributed by atoms with Crippen molar-refractivity contribution in [3.05, 3.63) is 41.0 Å². The Hall–Kier alpha value is -3.27. The lowest BCUT2D eigenvalue weighted by molar-refractivity contribution is 0.0206. The van der Waals surface area contributed by atoms with Crippen molar-refractivity contribution in [2.45, 2.75) is 65.2 Å². The third-order valence-corrected chi connectivity index (χ3v) is 5.34. The lowest BCUT2D eigenvalue weighted by atomic mass is 10.0. The molecule has 1 amide bonds. The van der Waals surface area contributed by atoms with Crippen LogP contribution >= 0.6 is 11.3 Å². The van der Waals surface area contributed by atoms with E-state index in [1.807, 2.05) is 29.3 Å². The van der Waals surface area contributed by atoms with Gasteiger partial charge in [-0.2, -0.15) is 0 Å². The van der Waals surface area contributed by atoms with E-state index < -0.39 is 29.5 Å². The van der Waals surface area contributed by atoms with Gasteiger partial charge >= 0.3 is 12.2 Å². The summed E-state index contributed by atoms with van der Waals surface area (Å²) in [7, 11) is 1.93. The molecule has 0 spiro atoms. The van der Waals surface area contributed by atoms with Crippen LogP contribution in [0.25, 0.3) is 10.9 Å². The maximum absolute atomic E-state index is 12.5. The lowest BCUT2D eigenvalue weighted by Gasteiger charge is -2.23. The number of thiazole rings is 1. The van der Waals surface area contributed by atoms with Gasteiger partial charge in [-0.3, -0.25) is 0 Å². The Morgan fingerprint density at radius 3 is 2.41 bits per heavy atom. The smallest absolute Gasteiger partial charge is 0.444 e. The molecule has 34 heavy (non-hydrogen) atoms. The molecule has 0 fully saturated rings. The van der Waals surface area contributed by atoms with E-state index in [0.717, 1.165) is 16.5 Å². The van der Waals surface area contributed by atoms with Gasteiger partial charge in [0.15, 0.2) is 5.13 Å². The molecular formula is C24H32N4O5S. The van der Waals surface area contributed by atoms with Crippen molar-refractivity contribution in [3.8, 4) is 5.75 Å². The average molecular weight is 489 g/mol. The highest BCUT2D eigenvalue weighted by molar-refractivity contribution is 7.13. The summed E-state index contributed by atoms with van der Waals surface area (Å²) in [5, 5.41) is 6.02. The monoisotopic (exact) mass is 488 g/mol. The first-order valence-corrected chi connectivity index (χ1v) is 11.8. The number of fused-ring (bicyclic) bond motifs is 1. The fourth-order valence-corrected chi connectivity index (χ4v) is 4.02. The van der Waals surface area contributed by atoms with Crippen LogP contribution in [0.15, 0.2) is 29.8 Å². The highest BCUT2D eigenvalue weighted by Gasteiger charge is 2.24. The van der Waals surface area contributed by atoms with Gasteiger partial charge < -0.3 is 29.8 Å². The number of ether oxygens (including phenoxy) is 3. The molecule has 0 aliphatic carbocycles. The lowest BCUT2D eigenvalue weighted by Crippen LogP contribution is -2.36. The van der Waals surface area contributed by atoms with Gasteiger partial charge in [-0.25, -0.2) is 14.6 Å².